The number of carbonyl (C=O) groups excluding carboxylic acids is 1. The maximum Gasteiger partial charge on any atom is 0.244 e. The summed E-state index contributed by atoms with van der Waals surface area (Å²) in [7, 11) is 0. The summed E-state index contributed by atoms with van der Waals surface area (Å²) in [5.41, 5.74) is 5.56. The number of nitrogens with two attached hydrogens (primary N) is 1. The van der Waals surface area contributed by atoms with E-state index in [4.69, 9.17) is 5.73 Å². The molecule has 0 aliphatic rings. The van der Waals surface area contributed by atoms with Crippen LogP contribution in [0.3, 0.4) is 0 Å². The molecule has 100 valence electrons. The molecule has 1 amide bonds. The van der Waals surface area contributed by atoms with Crippen LogP contribution in [0.1, 0.15) is 26.0 Å². The summed E-state index contributed by atoms with van der Waals surface area (Å²) in [6, 6.07) is 3.19. The molecule has 1 aromatic rings. The fourth-order valence-corrected chi connectivity index (χ4v) is 2.95. The van der Waals surface area contributed by atoms with Crippen molar-refractivity contribution in [2.24, 2.45) is 11.7 Å². The van der Waals surface area contributed by atoms with E-state index in [0.717, 1.165) is 4.47 Å². The van der Waals surface area contributed by atoms with Crippen molar-refractivity contribution < 1.29 is 13.6 Å². The number of rotatable bonds is 5. The molecule has 7 heteroatoms. The van der Waals surface area contributed by atoms with Gasteiger partial charge in [-0.05, 0) is 40.4 Å². The van der Waals surface area contributed by atoms with Gasteiger partial charge in [-0.15, -0.1) is 0 Å². The Bertz CT molecular complexity index is 448. The largest absolute Gasteiger partial charge is 0.368 e. The average molecular weight is 335 g/mol. The van der Waals surface area contributed by atoms with E-state index >= 15 is 0 Å². The fraction of sp³-hybridized carbons (Fsp3) is 0.455. The normalized spacial score (nSPS) is 16.3. The van der Waals surface area contributed by atoms with Crippen molar-refractivity contribution in [3.63, 3.8) is 0 Å². The van der Waals surface area contributed by atoms with E-state index in [-0.39, 0.29) is 18.0 Å². The van der Waals surface area contributed by atoms with Gasteiger partial charge in [0, 0.05) is 10.7 Å². The van der Waals surface area contributed by atoms with E-state index in [1.54, 1.807) is 6.07 Å². The predicted molar refractivity (Wildman–Crippen MR) is 73.0 cm³/mol. The van der Waals surface area contributed by atoms with Crippen molar-refractivity contribution in [3.05, 3.63) is 28.5 Å². The third-order valence-electron chi connectivity index (χ3n) is 2.53. The zero-order valence-corrected chi connectivity index (χ0v) is 12.5. The van der Waals surface area contributed by atoms with Gasteiger partial charge >= 0.3 is 0 Å². The van der Waals surface area contributed by atoms with Crippen LogP contribution in [0.15, 0.2) is 22.8 Å². The van der Waals surface area contributed by atoms with E-state index in [0.29, 0.717) is 0 Å². The van der Waals surface area contributed by atoms with Crippen LogP contribution in [-0.2, 0) is 20.6 Å². The number of hydrogen-bond donors (Lipinski definition) is 2. The number of halogens is 1. The number of nitrogens with zero attached hydrogens (tertiary/aromatic N) is 1. The van der Waals surface area contributed by atoms with E-state index in [9.17, 15) is 13.6 Å². The van der Waals surface area contributed by atoms with Crippen molar-refractivity contribution in [2.75, 3.05) is 0 Å². The smallest absolute Gasteiger partial charge is 0.244 e. The minimum absolute atomic E-state index is 0.0269. The number of aromatic nitrogens is 1. The molecule has 1 aromatic heterocycles. The van der Waals surface area contributed by atoms with Crippen molar-refractivity contribution >= 4 is 32.9 Å². The Morgan fingerprint density at radius 1 is 1.61 bits per heavy atom. The summed E-state index contributed by atoms with van der Waals surface area (Å²) in [6.07, 6.45) is 1.64. The third kappa shape index (κ3) is 2.96. The van der Waals surface area contributed by atoms with Crippen LogP contribution in [0.2, 0.25) is 0 Å². The van der Waals surface area contributed by atoms with Crippen LogP contribution in [0.5, 0.6) is 0 Å². The minimum atomic E-state index is -2.42. The lowest BCUT2D eigenvalue weighted by molar-refractivity contribution is -0.121. The van der Waals surface area contributed by atoms with Crippen LogP contribution < -0.4 is 5.73 Å². The lowest BCUT2D eigenvalue weighted by Gasteiger charge is -2.27. The summed E-state index contributed by atoms with van der Waals surface area (Å²) in [6.45, 7) is 3.70. The van der Waals surface area contributed by atoms with Crippen LogP contribution >= 0.6 is 15.9 Å². The van der Waals surface area contributed by atoms with Crippen LogP contribution in [0.25, 0.3) is 0 Å². The van der Waals surface area contributed by atoms with Crippen LogP contribution in [0, 0.1) is 5.92 Å². The molecule has 0 saturated carbocycles. The van der Waals surface area contributed by atoms with Gasteiger partial charge < -0.3 is 10.3 Å². The molecule has 2 atom stereocenters. The maximum absolute atomic E-state index is 11.7. The summed E-state index contributed by atoms with van der Waals surface area (Å²) in [4.78, 5) is 15.7. The number of pyridine rings is 1. The molecular formula is C11H15BrN2O3S. The summed E-state index contributed by atoms with van der Waals surface area (Å²) in [5.74, 6) is -0.814. The Balaban J connectivity index is 3.38. The van der Waals surface area contributed by atoms with Crippen LogP contribution in [-0.4, -0.2) is 19.7 Å². The van der Waals surface area contributed by atoms with Gasteiger partial charge in [0.2, 0.25) is 5.91 Å². The molecule has 0 radical (unpaired) electrons. The Morgan fingerprint density at radius 3 is 2.56 bits per heavy atom. The van der Waals surface area contributed by atoms with E-state index in [1.165, 1.54) is 12.3 Å². The molecule has 1 heterocycles. The Kier molecular flexibility index (Phi) is 5.01. The Morgan fingerprint density at radius 2 is 2.22 bits per heavy atom. The number of hydrogen-bond acceptors (Lipinski definition) is 3. The number of primary amides is 1. The van der Waals surface area contributed by atoms with Gasteiger partial charge in [-0.1, -0.05) is 13.8 Å². The first-order chi connectivity index (χ1) is 8.30. The zero-order chi connectivity index (χ0) is 13.9. The molecule has 2 unspecified atom stereocenters. The molecule has 0 aliphatic carbocycles. The first kappa shape index (κ1) is 15.3. The van der Waals surface area contributed by atoms with Gasteiger partial charge in [-0.3, -0.25) is 9.78 Å². The molecule has 5 nitrogen and oxygen atoms in total. The highest BCUT2D eigenvalue weighted by molar-refractivity contribution is 9.10. The highest BCUT2D eigenvalue weighted by Crippen LogP contribution is 2.33. The lowest BCUT2D eigenvalue weighted by Crippen LogP contribution is -2.46. The highest BCUT2D eigenvalue weighted by Gasteiger charge is 2.46. The molecule has 18 heavy (non-hydrogen) atoms. The molecule has 0 aliphatic heterocycles. The summed E-state index contributed by atoms with van der Waals surface area (Å²) in [5, 5.41) is 0. The van der Waals surface area contributed by atoms with E-state index < -0.39 is 21.7 Å². The number of carbonyl (C=O) groups is 1. The van der Waals surface area contributed by atoms with Crippen molar-refractivity contribution in [2.45, 2.75) is 25.0 Å². The second kappa shape index (κ2) is 5.90. The third-order valence-corrected chi connectivity index (χ3v) is 4.18. The molecule has 1 rings (SSSR count). The summed E-state index contributed by atoms with van der Waals surface area (Å²) >= 11 is 0.797. The second-order valence-electron chi connectivity index (χ2n) is 4.40. The van der Waals surface area contributed by atoms with Gasteiger partial charge in [-0.25, -0.2) is 4.21 Å². The molecule has 0 aromatic carbocycles. The maximum atomic E-state index is 11.7. The van der Waals surface area contributed by atoms with Gasteiger partial charge in [0.25, 0.3) is 0 Å². The van der Waals surface area contributed by atoms with Gasteiger partial charge in [-0.2, -0.15) is 0 Å². The molecular weight excluding hydrogens is 320 g/mol. The average Bonchev–Trinajstić information content (AvgIpc) is 2.26. The fourth-order valence-electron chi connectivity index (χ4n) is 1.77. The van der Waals surface area contributed by atoms with Gasteiger partial charge in [0.05, 0.1) is 5.69 Å². The van der Waals surface area contributed by atoms with Crippen molar-refractivity contribution in [1.82, 2.24) is 4.98 Å². The monoisotopic (exact) mass is 334 g/mol. The van der Waals surface area contributed by atoms with Gasteiger partial charge in [0.1, 0.15) is 0 Å². The van der Waals surface area contributed by atoms with Crippen molar-refractivity contribution in [1.29, 1.82) is 0 Å². The SMILES string of the molecule is CC(C)CC(C(N)=O)(c1ccc(Br)cn1)S(=O)O. The molecule has 3 N–H and O–H groups in total. The molecule has 0 fully saturated rings. The minimum Gasteiger partial charge on any atom is -0.368 e. The topological polar surface area (TPSA) is 93.3 Å². The second-order valence-corrected chi connectivity index (χ2v) is 6.51. The Hall–Kier alpha value is -0.790. The Labute approximate surface area is 117 Å². The van der Waals surface area contributed by atoms with E-state index in [2.05, 4.69) is 20.9 Å². The molecule has 0 spiro atoms. The van der Waals surface area contributed by atoms with Crippen LogP contribution in [0.4, 0.5) is 0 Å². The lowest BCUT2D eigenvalue weighted by atomic mass is 9.92. The first-order valence-corrected chi connectivity index (χ1v) is 7.23. The predicted octanol–water partition coefficient (Wildman–Crippen LogP) is 1.79. The highest BCUT2D eigenvalue weighted by atomic mass is 79.9. The summed E-state index contributed by atoms with van der Waals surface area (Å²) < 4.78 is 20.2. The molecule has 0 saturated heterocycles. The van der Waals surface area contributed by atoms with Crippen molar-refractivity contribution in [3.8, 4) is 0 Å². The van der Waals surface area contributed by atoms with E-state index in [1.807, 2.05) is 13.8 Å². The quantitative estimate of drug-likeness (QED) is 0.802. The first-order valence-electron chi connectivity index (χ1n) is 5.33. The standard InChI is InChI=1S/C11H15BrN2O3S/c1-7(2)5-11(10(13)15,18(16)17)9-4-3-8(12)6-14-9/h3-4,6-7H,5H2,1-2H3,(H2,13,15)(H,16,17). The number of amides is 1. The molecule has 0 bridgehead atoms. The van der Waals surface area contributed by atoms with Gasteiger partial charge in [0.15, 0.2) is 15.8 Å². The zero-order valence-electron chi connectivity index (χ0n) is 10.1.